The molecule has 1 saturated carbocycles. The highest BCUT2D eigenvalue weighted by molar-refractivity contribution is 5.31. The van der Waals surface area contributed by atoms with Crippen molar-refractivity contribution in [1.82, 2.24) is 5.32 Å². The molecule has 1 N–H and O–H groups in total. The van der Waals surface area contributed by atoms with Crippen LogP contribution >= 0.6 is 0 Å². The highest BCUT2D eigenvalue weighted by Gasteiger charge is 2.31. The lowest BCUT2D eigenvalue weighted by Crippen LogP contribution is -2.25. The fourth-order valence-electron chi connectivity index (χ4n) is 2.72. The first-order chi connectivity index (χ1) is 8.98. The monoisotopic (exact) mass is 273 g/mol. The topological polar surface area (TPSA) is 21.3 Å². The number of benzene rings is 1. The summed E-state index contributed by atoms with van der Waals surface area (Å²) < 4.78 is 40.5. The van der Waals surface area contributed by atoms with Gasteiger partial charge in [-0.25, -0.2) is 0 Å². The molecule has 0 saturated heterocycles. The lowest BCUT2D eigenvalue weighted by Gasteiger charge is -2.14. The van der Waals surface area contributed by atoms with Crippen molar-refractivity contribution in [1.29, 1.82) is 0 Å². The van der Waals surface area contributed by atoms with E-state index in [-0.39, 0.29) is 5.75 Å². The van der Waals surface area contributed by atoms with Gasteiger partial charge in [-0.15, -0.1) is 13.2 Å². The van der Waals surface area contributed by atoms with Gasteiger partial charge >= 0.3 is 6.36 Å². The van der Waals surface area contributed by atoms with Crippen LogP contribution in [0.2, 0.25) is 0 Å². The van der Waals surface area contributed by atoms with E-state index in [0.717, 1.165) is 31.4 Å². The first kappa shape index (κ1) is 14.2. The van der Waals surface area contributed by atoms with Gasteiger partial charge in [0.15, 0.2) is 0 Å². The van der Waals surface area contributed by atoms with Crippen LogP contribution in [0.25, 0.3) is 0 Å². The molecule has 19 heavy (non-hydrogen) atoms. The molecular weight excluding hydrogens is 255 g/mol. The number of ether oxygens (including phenoxy) is 1. The van der Waals surface area contributed by atoms with Gasteiger partial charge in [0.2, 0.25) is 0 Å². The van der Waals surface area contributed by atoms with Gasteiger partial charge in [0.25, 0.3) is 0 Å². The van der Waals surface area contributed by atoms with E-state index >= 15 is 0 Å². The Morgan fingerprint density at radius 3 is 2.79 bits per heavy atom. The van der Waals surface area contributed by atoms with Crippen molar-refractivity contribution < 1.29 is 17.9 Å². The van der Waals surface area contributed by atoms with E-state index in [1.165, 1.54) is 12.1 Å². The Labute approximate surface area is 111 Å². The van der Waals surface area contributed by atoms with E-state index in [1.54, 1.807) is 6.07 Å². The minimum atomic E-state index is -4.62. The minimum Gasteiger partial charge on any atom is -0.406 e. The van der Waals surface area contributed by atoms with Crippen LogP contribution in [0.4, 0.5) is 13.2 Å². The van der Waals surface area contributed by atoms with Crippen LogP contribution in [0.1, 0.15) is 37.7 Å². The Hall–Kier alpha value is -1.23. The molecular formula is C14H18F3NO. The average Bonchev–Trinajstić information content (AvgIpc) is 2.76. The van der Waals surface area contributed by atoms with Crippen molar-refractivity contribution in [2.24, 2.45) is 0 Å². The lowest BCUT2D eigenvalue weighted by atomic mass is 9.97. The van der Waals surface area contributed by atoms with Crippen LogP contribution in [0, 0.1) is 0 Å². The highest BCUT2D eigenvalue weighted by Crippen LogP contribution is 2.36. The van der Waals surface area contributed by atoms with Gasteiger partial charge in [0.05, 0.1) is 0 Å². The maximum Gasteiger partial charge on any atom is 0.573 e. The van der Waals surface area contributed by atoms with Gasteiger partial charge in [0.1, 0.15) is 5.75 Å². The van der Waals surface area contributed by atoms with Gasteiger partial charge in [-0.05, 0) is 49.4 Å². The number of alkyl halides is 3. The summed E-state index contributed by atoms with van der Waals surface area (Å²) in [4.78, 5) is 0. The number of hydrogen-bond acceptors (Lipinski definition) is 2. The smallest absolute Gasteiger partial charge is 0.406 e. The molecule has 0 heterocycles. The van der Waals surface area contributed by atoms with E-state index < -0.39 is 6.36 Å². The van der Waals surface area contributed by atoms with Gasteiger partial charge in [-0.3, -0.25) is 0 Å². The SMILES string of the molecule is CCNC1CCC(c2cccc(OC(F)(F)F)c2)C1. The molecule has 2 unspecified atom stereocenters. The third-order valence-corrected chi connectivity index (χ3v) is 3.49. The predicted molar refractivity (Wildman–Crippen MR) is 67.2 cm³/mol. The minimum absolute atomic E-state index is 0.128. The molecule has 0 spiro atoms. The number of nitrogens with one attached hydrogen (secondary N) is 1. The fraction of sp³-hybridized carbons (Fsp3) is 0.571. The third kappa shape index (κ3) is 4.13. The molecule has 2 atom stereocenters. The first-order valence-corrected chi connectivity index (χ1v) is 6.57. The molecule has 2 rings (SSSR count). The Morgan fingerprint density at radius 1 is 1.32 bits per heavy atom. The maximum atomic E-state index is 12.2. The standard InChI is InChI=1S/C14H18F3NO/c1-2-18-12-7-6-11(8-12)10-4-3-5-13(9-10)19-14(15,16)17/h3-5,9,11-12,18H,2,6-8H2,1H3. The van der Waals surface area contributed by atoms with Crippen molar-refractivity contribution in [3.8, 4) is 5.75 Å². The second-order valence-corrected chi connectivity index (χ2v) is 4.88. The van der Waals surface area contributed by atoms with Crippen molar-refractivity contribution >= 4 is 0 Å². The molecule has 5 heteroatoms. The van der Waals surface area contributed by atoms with Crippen LogP contribution in [0.3, 0.4) is 0 Å². The molecule has 106 valence electrons. The summed E-state index contributed by atoms with van der Waals surface area (Å²) in [6, 6.07) is 6.82. The fourth-order valence-corrected chi connectivity index (χ4v) is 2.72. The van der Waals surface area contributed by atoms with Crippen molar-refractivity contribution in [2.75, 3.05) is 6.54 Å². The van der Waals surface area contributed by atoms with Crippen LogP contribution in [0.5, 0.6) is 5.75 Å². The first-order valence-electron chi connectivity index (χ1n) is 6.57. The molecule has 1 aliphatic carbocycles. The zero-order valence-electron chi connectivity index (χ0n) is 10.8. The van der Waals surface area contributed by atoms with E-state index in [9.17, 15) is 13.2 Å². The number of halogens is 3. The van der Waals surface area contributed by atoms with Gasteiger partial charge in [0, 0.05) is 6.04 Å². The summed E-state index contributed by atoms with van der Waals surface area (Å²) in [6.07, 6.45) is -1.57. The molecule has 2 nitrogen and oxygen atoms in total. The van der Waals surface area contributed by atoms with E-state index in [0.29, 0.717) is 12.0 Å². The summed E-state index contributed by atoms with van der Waals surface area (Å²) in [7, 11) is 0. The summed E-state index contributed by atoms with van der Waals surface area (Å²) in [5, 5.41) is 3.39. The Balaban J connectivity index is 2.03. The Morgan fingerprint density at radius 2 is 2.11 bits per heavy atom. The molecule has 1 aromatic carbocycles. The zero-order valence-corrected chi connectivity index (χ0v) is 10.8. The highest BCUT2D eigenvalue weighted by atomic mass is 19.4. The lowest BCUT2D eigenvalue weighted by molar-refractivity contribution is -0.274. The number of hydrogen-bond donors (Lipinski definition) is 1. The molecule has 1 fully saturated rings. The van der Waals surface area contributed by atoms with Crippen molar-refractivity contribution in [2.45, 2.75) is 44.5 Å². The Kier molecular flexibility index (Phi) is 4.34. The zero-order chi connectivity index (χ0) is 13.9. The molecule has 0 amide bonds. The van der Waals surface area contributed by atoms with E-state index in [1.807, 2.05) is 6.07 Å². The van der Waals surface area contributed by atoms with Gasteiger partial charge in [-0.2, -0.15) is 0 Å². The van der Waals surface area contributed by atoms with Gasteiger partial charge in [-0.1, -0.05) is 19.1 Å². The predicted octanol–water partition coefficient (Wildman–Crippen LogP) is 3.83. The normalized spacial score (nSPS) is 23.6. The largest absolute Gasteiger partial charge is 0.573 e. The van der Waals surface area contributed by atoms with Crippen LogP contribution in [-0.4, -0.2) is 18.9 Å². The summed E-state index contributed by atoms with van der Waals surface area (Å²) in [6.45, 7) is 2.99. The summed E-state index contributed by atoms with van der Waals surface area (Å²) >= 11 is 0. The molecule has 1 aromatic rings. The number of rotatable bonds is 4. The van der Waals surface area contributed by atoms with E-state index in [4.69, 9.17) is 0 Å². The molecule has 0 bridgehead atoms. The van der Waals surface area contributed by atoms with Crippen LogP contribution in [0.15, 0.2) is 24.3 Å². The maximum absolute atomic E-state index is 12.2. The van der Waals surface area contributed by atoms with Crippen LogP contribution < -0.4 is 10.1 Å². The Bertz CT molecular complexity index is 419. The second-order valence-electron chi connectivity index (χ2n) is 4.88. The summed E-state index contributed by atoms with van der Waals surface area (Å²) in [5.74, 6) is 0.192. The van der Waals surface area contributed by atoms with Crippen molar-refractivity contribution in [3.05, 3.63) is 29.8 Å². The molecule has 0 radical (unpaired) electrons. The van der Waals surface area contributed by atoms with Crippen molar-refractivity contribution in [3.63, 3.8) is 0 Å². The third-order valence-electron chi connectivity index (χ3n) is 3.49. The van der Waals surface area contributed by atoms with E-state index in [2.05, 4.69) is 17.0 Å². The summed E-state index contributed by atoms with van der Waals surface area (Å²) in [5.41, 5.74) is 0.933. The molecule has 0 aromatic heterocycles. The molecule has 0 aliphatic heterocycles. The van der Waals surface area contributed by atoms with Gasteiger partial charge < -0.3 is 10.1 Å². The second kappa shape index (κ2) is 5.82. The average molecular weight is 273 g/mol. The molecule has 1 aliphatic rings. The van der Waals surface area contributed by atoms with Crippen LogP contribution in [-0.2, 0) is 0 Å². The quantitative estimate of drug-likeness (QED) is 0.900.